The summed E-state index contributed by atoms with van der Waals surface area (Å²) in [6.45, 7) is 1.86. The number of carbonyl (C=O) groups excluding carboxylic acids is 1. The van der Waals surface area contributed by atoms with Gasteiger partial charge in [-0.2, -0.15) is 11.8 Å². The third-order valence-electron chi connectivity index (χ3n) is 3.61. The molecule has 1 aliphatic carbocycles. The Morgan fingerprint density at radius 1 is 1.53 bits per heavy atom. The van der Waals surface area contributed by atoms with Crippen molar-refractivity contribution >= 4 is 23.4 Å². The molecule has 1 amide bonds. The SMILES string of the molecule is CSC1CCCC(NC(=O)c2cnc(C)cc2N)C1. The van der Waals surface area contributed by atoms with Gasteiger partial charge in [0.15, 0.2) is 0 Å². The van der Waals surface area contributed by atoms with E-state index < -0.39 is 0 Å². The minimum atomic E-state index is -0.100. The van der Waals surface area contributed by atoms with Crippen LogP contribution in [0, 0.1) is 6.92 Å². The van der Waals surface area contributed by atoms with E-state index in [0.717, 1.165) is 18.5 Å². The highest BCUT2D eigenvalue weighted by atomic mass is 32.2. The lowest BCUT2D eigenvalue weighted by molar-refractivity contribution is 0.0929. The van der Waals surface area contributed by atoms with E-state index in [1.807, 2.05) is 18.7 Å². The summed E-state index contributed by atoms with van der Waals surface area (Å²) >= 11 is 1.89. The molecule has 2 atom stereocenters. The van der Waals surface area contributed by atoms with Gasteiger partial charge in [-0.25, -0.2) is 0 Å². The van der Waals surface area contributed by atoms with Gasteiger partial charge in [-0.3, -0.25) is 9.78 Å². The maximum Gasteiger partial charge on any atom is 0.255 e. The first-order chi connectivity index (χ1) is 9.10. The smallest absolute Gasteiger partial charge is 0.255 e. The minimum Gasteiger partial charge on any atom is -0.398 e. The average Bonchev–Trinajstić information content (AvgIpc) is 2.38. The predicted molar refractivity (Wildman–Crippen MR) is 80.4 cm³/mol. The van der Waals surface area contributed by atoms with Crippen LogP contribution in [-0.4, -0.2) is 28.4 Å². The number of anilines is 1. The predicted octanol–water partition coefficient (Wildman–Crippen LogP) is 2.38. The van der Waals surface area contributed by atoms with Crippen LogP contribution >= 0.6 is 11.8 Å². The summed E-state index contributed by atoms with van der Waals surface area (Å²) in [6, 6.07) is 2.00. The number of nitrogens with two attached hydrogens (primary N) is 1. The molecule has 1 aromatic heterocycles. The summed E-state index contributed by atoms with van der Waals surface area (Å²) in [6.07, 6.45) is 8.24. The van der Waals surface area contributed by atoms with Crippen LogP contribution in [0.1, 0.15) is 41.7 Å². The number of nitrogen functional groups attached to an aromatic ring is 1. The van der Waals surface area contributed by atoms with Gasteiger partial charge in [0.2, 0.25) is 0 Å². The fourth-order valence-electron chi connectivity index (χ4n) is 2.52. The number of aryl methyl sites for hydroxylation is 1. The van der Waals surface area contributed by atoms with Gasteiger partial charge in [-0.15, -0.1) is 0 Å². The summed E-state index contributed by atoms with van der Waals surface area (Å²) in [4.78, 5) is 16.3. The van der Waals surface area contributed by atoms with E-state index >= 15 is 0 Å². The second-order valence-electron chi connectivity index (χ2n) is 5.11. The highest BCUT2D eigenvalue weighted by Gasteiger charge is 2.23. The van der Waals surface area contributed by atoms with Crippen LogP contribution in [0.5, 0.6) is 0 Å². The molecule has 0 aliphatic heterocycles. The maximum atomic E-state index is 12.2. The van der Waals surface area contributed by atoms with E-state index in [2.05, 4.69) is 16.6 Å². The van der Waals surface area contributed by atoms with Gasteiger partial charge in [0, 0.05) is 28.9 Å². The van der Waals surface area contributed by atoms with Crippen molar-refractivity contribution in [3.8, 4) is 0 Å². The monoisotopic (exact) mass is 279 g/mol. The zero-order valence-electron chi connectivity index (χ0n) is 11.5. The van der Waals surface area contributed by atoms with Gasteiger partial charge in [0.05, 0.1) is 5.56 Å². The third-order valence-corrected chi connectivity index (χ3v) is 4.71. The summed E-state index contributed by atoms with van der Waals surface area (Å²) in [5, 5.41) is 3.75. The van der Waals surface area contributed by atoms with Crippen molar-refractivity contribution in [2.75, 3.05) is 12.0 Å². The summed E-state index contributed by atoms with van der Waals surface area (Å²) in [5.74, 6) is -0.100. The van der Waals surface area contributed by atoms with Crippen LogP contribution < -0.4 is 11.1 Å². The Kier molecular flexibility index (Phi) is 4.69. The Morgan fingerprint density at radius 3 is 3.00 bits per heavy atom. The van der Waals surface area contributed by atoms with Crippen LogP contribution in [0.2, 0.25) is 0 Å². The van der Waals surface area contributed by atoms with Gasteiger partial charge < -0.3 is 11.1 Å². The summed E-state index contributed by atoms with van der Waals surface area (Å²) in [5.41, 5.74) is 7.69. The van der Waals surface area contributed by atoms with E-state index in [1.165, 1.54) is 12.8 Å². The maximum absolute atomic E-state index is 12.2. The molecule has 3 N–H and O–H groups in total. The van der Waals surface area contributed by atoms with E-state index in [4.69, 9.17) is 5.73 Å². The quantitative estimate of drug-likeness (QED) is 0.891. The molecule has 2 rings (SSSR count). The number of nitrogens with one attached hydrogen (secondary N) is 1. The molecular formula is C14H21N3OS. The Balaban J connectivity index is 2.00. The van der Waals surface area contributed by atoms with E-state index in [-0.39, 0.29) is 11.9 Å². The Bertz CT molecular complexity index is 464. The van der Waals surface area contributed by atoms with Gasteiger partial charge >= 0.3 is 0 Å². The van der Waals surface area contributed by atoms with E-state index in [0.29, 0.717) is 16.5 Å². The number of aromatic nitrogens is 1. The number of nitrogens with zero attached hydrogens (tertiary/aromatic N) is 1. The molecule has 1 aliphatic rings. The molecule has 1 aromatic rings. The average molecular weight is 279 g/mol. The first-order valence-electron chi connectivity index (χ1n) is 6.66. The Morgan fingerprint density at radius 2 is 2.32 bits per heavy atom. The van der Waals surface area contributed by atoms with Crippen molar-refractivity contribution in [2.24, 2.45) is 0 Å². The van der Waals surface area contributed by atoms with Crippen LogP contribution in [0.3, 0.4) is 0 Å². The third kappa shape index (κ3) is 3.62. The van der Waals surface area contributed by atoms with Crippen molar-refractivity contribution in [1.82, 2.24) is 10.3 Å². The molecule has 4 nitrogen and oxygen atoms in total. The molecule has 0 bridgehead atoms. The number of rotatable bonds is 3. The molecule has 2 unspecified atom stereocenters. The fourth-order valence-corrected chi connectivity index (χ4v) is 3.35. The van der Waals surface area contributed by atoms with Crippen molar-refractivity contribution in [1.29, 1.82) is 0 Å². The molecule has 19 heavy (non-hydrogen) atoms. The second kappa shape index (κ2) is 6.28. The molecular weight excluding hydrogens is 258 g/mol. The highest BCUT2D eigenvalue weighted by molar-refractivity contribution is 7.99. The number of hydrogen-bond donors (Lipinski definition) is 2. The molecule has 5 heteroatoms. The first-order valence-corrected chi connectivity index (χ1v) is 7.94. The first kappa shape index (κ1) is 14.2. The number of pyridine rings is 1. The largest absolute Gasteiger partial charge is 0.398 e. The van der Waals surface area contributed by atoms with Gasteiger partial charge in [-0.1, -0.05) is 6.42 Å². The van der Waals surface area contributed by atoms with Gasteiger partial charge in [-0.05, 0) is 38.5 Å². The van der Waals surface area contributed by atoms with Crippen molar-refractivity contribution in [3.63, 3.8) is 0 Å². The highest BCUT2D eigenvalue weighted by Crippen LogP contribution is 2.27. The van der Waals surface area contributed by atoms with E-state index in [1.54, 1.807) is 12.3 Å². The van der Waals surface area contributed by atoms with Gasteiger partial charge in [0.25, 0.3) is 5.91 Å². The van der Waals surface area contributed by atoms with Crippen molar-refractivity contribution < 1.29 is 4.79 Å². The zero-order valence-corrected chi connectivity index (χ0v) is 12.3. The lowest BCUT2D eigenvalue weighted by atomic mass is 9.94. The van der Waals surface area contributed by atoms with Crippen LogP contribution in [0.4, 0.5) is 5.69 Å². The van der Waals surface area contributed by atoms with E-state index in [9.17, 15) is 4.79 Å². The number of thioether (sulfide) groups is 1. The topological polar surface area (TPSA) is 68.0 Å². The normalized spacial score (nSPS) is 23.1. The van der Waals surface area contributed by atoms with Crippen molar-refractivity contribution in [3.05, 3.63) is 23.5 Å². The molecule has 1 heterocycles. The number of hydrogen-bond acceptors (Lipinski definition) is 4. The molecule has 104 valence electrons. The fraction of sp³-hybridized carbons (Fsp3) is 0.571. The van der Waals surface area contributed by atoms with Crippen LogP contribution in [-0.2, 0) is 0 Å². The van der Waals surface area contributed by atoms with Gasteiger partial charge in [0.1, 0.15) is 0 Å². The lowest BCUT2D eigenvalue weighted by Crippen LogP contribution is -2.39. The summed E-state index contributed by atoms with van der Waals surface area (Å²) < 4.78 is 0. The lowest BCUT2D eigenvalue weighted by Gasteiger charge is -2.28. The molecule has 0 spiro atoms. The molecule has 1 fully saturated rings. The standard InChI is InChI=1S/C14H21N3OS/c1-9-6-13(15)12(8-16-9)14(18)17-10-4-3-5-11(7-10)19-2/h6,8,10-11H,3-5,7H2,1-2H3,(H2,15,16)(H,17,18). The minimum absolute atomic E-state index is 0.100. The summed E-state index contributed by atoms with van der Waals surface area (Å²) in [7, 11) is 0. The Hall–Kier alpha value is -1.23. The van der Waals surface area contributed by atoms with Crippen molar-refractivity contribution in [2.45, 2.75) is 43.9 Å². The molecule has 1 saturated carbocycles. The Labute approximate surface area is 118 Å². The molecule has 0 aromatic carbocycles. The zero-order chi connectivity index (χ0) is 13.8. The van der Waals surface area contributed by atoms with Crippen LogP contribution in [0.15, 0.2) is 12.3 Å². The molecule has 0 radical (unpaired) electrons. The number of amides is 1. The number of carbonyl (C=O) groups is 1. The molecule has 0 saturated heterocycles. The van der Waals surface area contributed by atoms with Crippen LogP contribution in [0.25, 0.3) is 0 Å². The second-order valence-corrected chi connectivity index (χ2v) is 6.25.